The number of piperidine rings is 1. The van der Waals surface area contributed by atoms with E-state index in [1.54, 1.807) is 12.1 Å². The van der Waals surface area contributed by atoms with Crippen LogP contribution in [0.4, 0.5) is 15.8 Å². The van der Waals surface area contributed by atoms with Gasteiger partial charge in [0, 0.05) is 38.1 Å². The van der Waals surface area contributed by atoms with E-state index in [1.807, 2.05) is 6.92 Å². The number of ether oxygens (including phenoxy) is 1. The van der Waals surface area contributed by atoms with Gasteiger partial charge in [-0.05, 0) is 36.8 Å². The number of halogens is 2. The number of hydrogen-bond acceptors (Lipinski definition) is 4. The van der Waals surface area contributed by atoms with Crippen LogP contribution in [0, 0.1) is 22.9 Å². The predicted molar refractivity (Wildman–Crippen MR) is 95.1 cm³/mol. The molecule has 0 bridgehead atoms. The quantitative estimate of drug-likeness (QED) is 0.580. The van der Waals surface area contributed by atoms with Crippen LogP contribution in [0.1, 0.15) is 18.4 Å². The van der Waals surface area contributed by atoms with Crippen molar-refractivity contribution in [3.8, 4) is 5.75 Å². The van der Waals surface area contributed by atoms with Crippen molar-refractivity contribution in [1.29, 1.82) is 0 Å². The molecule has 0 saturated carbocycles. The van der Waals surface area contributed by atoms with E-state index in [-0.39, 0.29) is 17.6 Å². The molecule has 3 rings (SSSR count). The number of rotatable bonds is 4. The van der Waals surface area contributed by atoms with Crippen molar-refractivity contribution in [2.75, 3.05) is 18.0 Å². The monoisotopic (exact) mass is 364 g/mol. The minimum absolute atomic E-state index is 0.0150. The Labute approximate surface area is 150 Å². The number of nitro benzene ring substituents is 1. The van der Waals surface area contributed by atoms with Gasteiger partial charge in [-0.2, -0.15) is 0 Å². The maximum absolute atomic E-state index is 13.2. The van der Waals surface area contributed by atoms with Crippen LogP contribution in [-0.2, 0) is 0 Å². The molecule has 0 unspecified atom stereocenters. The minimum atomic E-state index is -0.458. The topological polar surface area (TPSA) is 55.6 Å². The first-order valence-corrected chi connectivity index (χ1v) is 8.43. The number of nitro groups is 1. The van der Waals surface area contributed by atoms with E-state index >= 15 is 0 Å². The van der Waals surface area contributed by atoms with E-state index in [2.05, 4.69) is 4.90 Å². The Morgan fingerprint density at radius 2 is 1.96 bits per heavy atom. The van der Waals surface area contributed by atoms with Crippen LogP contribution in [0.25, 0.3) is 0 Å². The zero-order chi connectivity index (χ0) is 18.0. The Kier molecular flexibility index (Phi) is 5.08. The van der Waals surface area contributed by atoms with Crippen molar-refractivity contribution >= 4 is 23.0 Å². The summed E-state index contributed by atoms with van der Waals surface area (Å²) in [7, 11) is 0. The molecule has 0 spiro atoms. The number of non-ortho nitro benzene ring substituents is 1. The van der Waals surface area contributed by atoms with E-state index < -0.39 is 4.92 Å². The number of hydrogen-bond donors (Lipinski definition) is 0. The Morgan fingerprint density at radius 1 is 1.24 bits per heavy atom. The molecule has 1 aliphatic heterocycles. The zero-order valence-electron chi connectivity index (χ0n) is 13.7. The second kappa shape index (κ2) is 7.27. The fourth-order valence-corrected chi connectivity index (χ4v) is 3.30. The molecule has 1 heterocycles. The van der Waals surface area contributed by atoms with Gasteiger partial charge in [0.25, 0.3) is 5.69 Å². The lowest BCUT2D eigenvalue weighted by atomic mass is 10.1. The largest absolute Gasteiger partial charge is 0.490 e. The second-order valence-electron chi connectivity index (χ2n) is 6.11. The summed E-state index contributed by atoms with van der Waals surface area (Å²) in [5, 5.41) is 11.2. The summed E-state index contributed by atoms with van der Waals surface area (Å²) >= 11 is 6.20. The third-order valence-corrected chi connectivity index (χ3v) is 4.66. The highest BCUT2D eigenvalue weighted by molar-refractivity contribution is 6.33. The number of anilines is 1. The summed E-state index contributed by atoms with van der Waals surface area (Å²) in [5.74, 6) is 0.431. The lowest BCUT2D eigenvalue weighted by Gasteiger charge is -2.34. The van der Waals surface area contributed by atoms with Gasteiger partial charge in [0.1, 0.15) is 17.7 Å². The molecular weight excluding hydrogens is 347 g/mol. The van der Waals surface area contributed by atoms with Crippen molar-refractivity contribution in [2.24, 2.45) is 0 Å². The van der Waals surface area contributed by atoms with Gasteiger partial charge in [0.05, 0.1) is 15.6 Å². The maximum atomic E-state index is 13.2. The predicted octanol–water partition coefficient (Wildman–Crippen LogP) is 4.74. The van der Waals surface area contributed by atoms with Crippen molar-refractivity contribution < 1.29 is 14.1 Å². The molecule has 0 atom stereocenters. The minimum Gasteiger partial charge on any atom is -0.490 e. The van der Waals surface area contributed by atoms with Crippen LogP contribution in [-0.4, -0.2) is 24.1 Å². The highest BCUT2D eigenvalue weighted by Gasteiger charge is 2.23. The van der Waals surface area contributed by atoms with Crippen molar-refractivity contribution in [3.63, 3.8) is 0 Å². The summed E-state index contributed by atoms with van der Waals surface area (Å²) in [4.78, 5) is 12.4. The molecule has 1 saturated heterocycles. The van der Waals surface area contributed by atoms with Crippen LogP contribution in [0.5, 0.6) is 5.75 Å². The maximum Gasteiger partial charge on any atom is 0.271 e. The molecule has 0 aromatic heterocycles. The molecule has 25 heavy (non-hydrogen) atoms. The average molecular weight is 365 g/mol. The van der Waals surface area contributed by atoms with E-state index in [0.717, 1.165) is 37.2 Å². The van der Waals surface area contributed by atoms with Gasteiger partial charge in [-0.25, -0.2) is 4.39 Å². The third kappa shape index (κ3) is 4.02. The fraction of sp³-hybridized carbons (Fsp3) is 0.333. The summed E-state index contributed by atoms with van der Waals surface area (Å²) in [6.45, 7) is 3.30. The van der Waals surface area contributed by atoms with Crippen molar-refractivity contribution in [2.45, 2.75) is 25.9 Å². The van der Waals surface area contributed by atoms with Gasteiger partial charge in [-0.1, -0.05) is 11.6 Å². The fourth-order valence-electron chi connectivity index (χ4n) is 3.00. The average Bonchev–Trinajstić information content (AvgIpc) is 2.58. The highest BCUT2D eigenvalue weighted by Crippen LogP contribution is 2.32. The molecule has 0 N–H and O–H groups in total. The Bertz CT molecular complexity index is 792. The summed E-state index contributed by atoms with van der Waals surface area (Å²) in [6, 6.07) is 9.04. The molecule has 1 fully saturated rings. The van der Waals surface area contributed by atoms with Gasteiger partial charge >= 0.3 is 0 Å². The van der Waals surface area contributed by atoms with Crippen LogP contribution >= 0.6 is 11.6 Å². The van der Waals surface area contributed by atoms with E-state index in [1.165, 1.54) is 24.3 Å². The van der Waals surface area contributed by atoms with E-state index in [9.17, 15) is 14.5 Å². The second-order valence-corrected chi connectivity index (χ2v) is 6.51. The molecule has 2 aromatic carbocycles. The molecule has 132 valence electrons. The van der Waals surface area contributed by atoms with Crippen LogP contribution < -0.4 is 9.64 Å². The normalized spacial score (nSPS) is 15.2. The lowest BCUT2D eigenvalue weighted by Crippen LogP contribution is -2.38. The molecule has 0 amide bonds. The Morgan fingerprint density at radius 3 is 2.56 bits per heavy atom. The molecule has 7 heteroatoms. The van der Waals surface area contributed by atoms with Crippen molar-refractivity contribution in [3.05, 3.63) is 62.9 Å². The van der Waals surface area contributed by atoms with Crippen LogP contribution in [0.15, 0.2) is 36.4 Å². The first-order chi connectivity index (χ1) is 11.9. The standard InChI is InChI=1S/C18H18ClFN2O3/c1-12-10-13(20)2-5-18(12)25-15-6-8-21(9-7-15)17-4-3-14(22(23)24)11-16(17)19/h2-5,10-11,15H,6-9H2,1H3. The van der Waals surface area contributed by atoms with Gasteiger partial charge < -0.3 is 9.64 Å². The third-order valence-electron chi connectivity index (χ3n) is 4.36. The summed E-state index contributed by atoms with van der Waals surface area (Å²) in [6.07, 6.45) is 1.64. The number of aryl methyl sites for hydroxylation is 1. The van der Waals surface area contributed by atoms with Gasteiger partial charge in [-0.15, -0.1) is 0 Å². The highest BCUT2D eigenvalue weighted by atomic mass is 35.5. The molecular formula is C18H18ClFN2O3. The van der Waals surface area contributed by atoms with Crippen LogP contribution in [0.3, 0.4) is 0 Å². The molecule has 0 aliphatic carbocycles. The Hall–Kier alpha value is -2.34. The van der Waals surface area contributed by atoms with Gasteiger partial charge in [0.15, 0.2) is 0 Å². The van der Waals surface area contributed by atoms with Crippen LogP contribution in [0.2, 0.25) is 5.02 Å². The van der Waals surface area contributed by atoms with Gasteiger partial charge in [-0.3, -0.25) is 10.1 Å². The molecule has 5 nitrogen and oxygen atoms in total. The number of nitrogens with zero attached hydrogens (tertiary/aromatic N) is 2. The SMILES string of the molecule is Cc1cc(F)ccc1OC1CCN(c2ccc([N+](=O)[O-])cc2Cl)CC1. The Balaban J connectivity index is 1.63. The van der Waals surface area contributed by atoms with E-state index in [4.69, 9.17) is 16.3 Å². The molecule has 1 aliphatic rings. The van der Waals surface area contributed by atoms with Gasteiger partial charge in [0.2, 0.25) is 0 Å². The smallest absolute Gasteiger partial charge is 0.271 e. The molecule has 2 aromatic rings. The summed E-state index contributed by atoms with van der Waals surface area (Å²) in [5.41, 5.74) is 1.56. The summed E-state index contributed by atoms with van der Waals surface area (Å²) < 4.78 is 19.2. The zero-order valence-corrected chi connectivity index (χ0v) is 14.5. The van der Waals surface area contributed by atoms with Crippen molar-refractivity contribution in [1.82, 2.24) is 0 Å². The van der Waals surface area contributed by atoms with E-state index in [0.29, 0.717) is 10.8 Å². The number of benzene rings is 2. The molecule has 0 radical (unpaired) electrons. The first-order valence-electron chi connectivity index (χ1n) is 8.06. The first kappa shape index (κ1) is 17.5. The lowest BCUT2D eigenvalue weighted by molar-refractivity contribution is -0.384.